The Labute approximate surface area is 197 Å². The minimum absolute atomic E-state index is 0.0929. The molecular formula is C25H34N4O3S. The van der Waals surface area contributed by atoms with E-state index in [4.69, 9.17) is 0 Å². The zero-order valence-corrected chi connectivity index (χ0v) is 20.4. The molecule has 2 aliphatic rings. The predicted molar refractivity (Wildman–Crippen MR) is 128 cm³/mol. The van der Waals surface area contributed by atoms with Crippen molar-refractivity contribution in [2.45, 2.75) is 44.0 Å². The first kappa shape index (κ1) is 23.9. The van der Waals surface area contributed by atoms with E-state index in [0.29, 0.717) is 36.7 Å². The normalized spacial score (nSPS) is 19.2. The van der Waals surface area contributed by atoms with Crippen molar-refractivity contribution >= 4 is 15.9 Å². The molecule has 0 spiro atoms. The molecule has 0 unspecified atom stereocenters. The molecule has 4 rings (SSSR count). The molecule has 2 saturated heterocycles. The van der Waals surface area contributed by atoms with E-state index in [-0.39, 0.29) is 11.8 Å². The molecule has 0 radical (unpaired) electrons. The number of piperazine rings is 1. The first-order chi connectivity index (χ1) is 15.8. The summed E-state index contributed by atoms with van der Waals surface area (Å²) in [5, 5.41) is 0. The maximum Gasteiger partial charge on any atom is 0.243 e. The Hall–Kier alpha value is -2.29. The van der Waals surface area contributed by atoms with Crippen molar-refractivity contribution in [2.75, 3.05) is 39.3 Å². The predicted octanol–water partition coefficient (Wildman–Crippen LogP) is 2.95. The smallest absolute Gasteiger partial charge is 0.243 e. The fraction of sp³-hybridized carbons (Fsp3) is 0.520. The molecular weight excluding hydrogens is 436 g/mol. The molecule has 2 fully saturated rings. The van der Waals surface area contributed by atoms with Crippen LogP contribution in [0, 0.1) is 5.92 Å². The number of pyridine rings is 1. The van der Waals surface area contributed by atoms with Gasteiger partial charge >= 0.3 is 0 Å². The Morgan fingerprint density at radius 2 is 1.67 bits per heavy atom. The Balaban J connectivity index is 1.27. The van der Waals surface area contributed by atoms with Crippen molar-refractivity contribution in [1.82, 2.24) is 19.1 Å². The quantitative estimate of drug-likeness (QED) is 0.649. The minimum atomic E-state index is -3.52. The summed E-state index contributed by atoms with van der Waals surface area (Å²) in [6.07, 6.45) is 4.83. The van der Waals surface area contributed by atoms with Gasteiger partial charge in [-0.15, -0.1) is 0 Å². The fourth-order valence-electron chi connectivity index (χ4n) is 4.65. The van der Waals surface area contributed by atoms with Crippen molar-refractivity contribution in [3.05, 3.63) is 59.9 Å². The van der Waals surface area contributed by atoms with Gasteiger partial charge in [0.1, 0.15) is 0 Å². The number of nitrogens with zero attached hydrogens (tertiary/aromatic N) is 4. The second-order valence-electron chi connectivity index (χ2n) is 9.36. The number of hydrogen-bond donors (Lipinski definition) is 0. The Bertz CT molecular complexity index is 1030. The monoisotopic (exact) mass is 470 g/mol. The summed E-state index contributed by atoms with van der Waals surface area (Å²) < 4.78 is 27.6. The first-order valence-corrected chi connectivity index (χ1v) is 13.3. The number of carbonyl (C=O) groups excluding carboxylic acids is 1. The second-order valence-corrected chi connectivity index (χ2v) is 11.3. The van der Waals surface area contributed by atoms with Gasteiger partial charge in [-0.3, -0.25) is 14.7 Å². The average molecular weight is 471 g/mol. The van der Waals surface area contributed by atoms with Gasteiger partial charge in [-0.1, -0.05) is 32.0 Å². The first-order valence-electron chi connectivity index (χ1n) is 11.8. The molecule has 3 heterocycles. The summed E-state index contributed by atoms with van der Waals surface area (Å²) in [6.45, 7) is 8.96. The topological polar surface area (TPSA) is 73.8 Å². The Kier molecular flexibility index (Phi) is 7.46. The molecule has 0 atom stereocenters. The number of amides is 1. The van der Waals surface area contributed by atoms with E-state index in [2.05, 4.69) is 29.8 Å². The van der Waals surface area contributed by atoms with Crippen molar-refractivity contribution in [1.29, 1.82) is 0 Å². The second kappa shape index (κ2) is 10.3. The van der Waals surface area contributed by atoms with Crippen LogP contribution in [0.2, 0.25) is 0 Å². The van der Waals surface area contributed by atoms with E-state index in [9.17, 15) is 13.2 Å². The highest BCUT2D eigenvalue weighted by Gasteiger charge is 2.34. The molecule has 0 aliphatic carbocycles. The number of aromatic nitrogens is 1. The van der Waals surface area contributed by atoms with Gasteiger partial charge < -0.3 is 4.90 Å². The molecule has 0 saturated carbocycles. The van der Waals surface area contributed by atoms with Gasteiger partial charge in [-0.05, 0) is 48.1 Å². The SMILES string of the molecule is CC(C)c1ccc(S(=O)(=O)N2CCC(C(=O)N3CCN(Cc4cccnc4)CC3)CC2)cc1. The zero-order chi connectivity index (χ0) is 23.4. The zero-order valence-electron chi connectivity index (χ0n) is 19.6. The van der Waals surface area contributed by atoms with Crippen LogP contribution in [0.4, 0.5) is 0 Å². The third-order valence-corrected chi connectivity index (χ3v) is 8.71. The van der Waals surface area contributed by atoms with Gasteiger partial charge in [-0.25, -0.2) is 8.42 Å². The molecule has 1 amide bonds. The molecule has 8 heteroatoms. The minimum Gasteiger partial charge on any atom is -0.340 e. The van der Waals surface area contributed by atoms with Crippen LogP contribution in [0.1, 0.15) is 43.7 Å². The summed E-state index contributed by atoms with van der Waals surface area (Å²) >= 11 is 0. The van der Waals surface area contributed by atoms with Crippen LogP contribution in [0.15, 0.2) is 53.7 Å². The summed E-state index contributed by atoms with van der Waals surface area (Å²) in [4.78, 5) is 21.9. The largest absolute Gasteiger partial charge is 0.340 e. The van der Waals surface area contributed by atoms with E-state index in [0.717, 1.165) is 38.3 Å². The van der Waals surface area contributed by atoms with E-state index < -0.39 is 10.0 Å². The maximum atomic E-state index is 13.1. The summed E-state index contributed by atoms with van der Waals surface area (Å²) in [6, 6.07) is 11.2. The molecule has 0 bridgehead atoms. The number of benzene rings is 1. The average Bonchev–Trinajstić information content (AvgIpc) is 2.85. The standard InChI is InChI=1S/C25H34N4O3S/c1-20(2)22-5-7-24(8-6-22)33(31,32)29-12-9-23(10-13-29)25(30)28-16-14-27(15-17-28)19-21-4-3-11-26-18-21/h3-8,11,18,20,23H,9-10,12-17,19H2,1-2H3. The number of rotatable bonds is 6. The lowest BCUT2D eigenvalue weighted by atomic mass is 9.96. The van der Waals surface area contributed by atoms with Crippen molar-refractivity contribution < 1.29 is 13.2 Å². The van der Waals surface area contributed by atoms with Gasteiger partial charge in [0.15, 0.2) is 0 Å². The summed E-state index contributed by atoms with van der Waals surface area (Å²) in [5.41, 5.74) is 2.31. The third kappa shape index (κ3) is 5.62. The van der Waals surface area contributed by atoms with E-state index in [1.165, 1.54) is 9.87 Å². The van der Waals surface area contributed by atoms with Gasteiger partial charge in [-0.2, -0.15) is 4.31 Å². The molecule has 0 N–H and O–H groups in total. The Morgan fingerprint density at radius 1 is 1.00 bits per heavy atom. The highest BCUT2D eigenvalue weighted by molar-refractivity contribution is 7.89. The van der Waals surface area contributed by atoms with Crippen LogP contribution in [0.5, 0.6) is 0 Å². The van der Waals surface area contributed by atoms with Crippen LogP contribution in [-0.2, 0) is 21.4 Å². The summed E-state index contributed by atoms with van der Waals surface area (Å²) in [5.74, 6) is 0.444. The van der Waals surface area contributed by atoms with E-state index in [1.54, 1.807) is 18.3 Å². The highest BCUT2D eigenvalue weighted by Crippen LogP contribution is 2.26. The van der Waals surface area contributed by atoms with Crippen LogP contribution in [0.3, 0.4) is 0 Å². The number of carbonyl (C=O) groups is 1. The fourth-order valence-corrected chi connectivity index (χ4v) is 6.12. The summed E-state index contributed by atoms with van der Waals surface area (Å²) in [7, 11) is -3.52. The lowest BCUT2D eigenvalue weighted by Gasteiger charge is -2.38. The number of sulfonamides is 1. The molecule has 1 aromatic heterocycles. The number of hydrogen-bond acceptors (Lipinski definition) is 5. The van der Waals surface area contributed by atoms with Crippen LogP contribution in [0.25, 0.3) is 0 Å². The lowest BCUT2D eigenvalue weighted by molar-refractivity contribution is -0.138. The van der Waals surface area contributed by atoms with Crippen molar-refractivity contribution in [3.63, 3.8) is 0 Å². The lowest BCUT2D eigenvalue weighted by Crippen LogP contribution is -2.51. The van der Waals surface area contributed by atoms with E-state index >= 15 is 0 Å². The van der Waals surface area contributed by atoms with Gasteiger partial charge in [0.2, 0.25) is 15.9 Å². The van der Waals surface area contributed by atoms with Crippen molar-refractivity contribution in [3.8, 4) is 0 Å². The van der Waals surface area contributed by atoms with Crippen LogP contribution < -0.4 is 0 Å². The molecule has 178 valence electrons. The highest BCUT2D eigenvalue weighted by atomic mass is 32.2. The molecule has 7 nitrogen and oxygen atoms in total. The molecule has 1 aromatic carbocycles. The number of piperidine rings is 1. The van der Waals surface area contributed by atoms with Crippen molar-refractivity contribution in [2.24, 2.45) is 5.92 Å². The van der Waals surface area contributed by atoms with Gasteiger partial charge in [0.05, 0.1) is 4.90 Å². The third-order valence-electron chi connectivity index (χ3n) is 6.80. The molecule has 2 aliphatic heterocycles. The maximum absolute atomic E-state index is 13.1. The van der Waals surface area contributed by atoms with Crippen LogP contribution >= 0.6 is 0 Å². The molecule has 2 aromatic rings. The van der Waals surface area contributed by atoms with Crippen LogP contribution in [-0.4, -0.2) is 72.7 Å². The van der Waals surface area contributed by atoms with E-state index in [1.807, 2.05) is 29.3 Å². The van der Waals surface area contributed by atoms with Gasteiger partial charge in [0.25, 0.3) is 0 Å². The Morgan fingerprint density at radius 3 is 2.24 bits per heavy atom. The molecule has 33 heavy (non-hydrogen) atoms. The van der Waals surface area contributed by atoms with Gasteiger partial charge in [0, 0.05) is 64.1 Å².